The summed E-state index contributed by atoms with van der Waals surface area (Å²) < 4.78 is 40.4. The maximum atomic E-state index is 14.7. The average molecular weight is 458 g/mol. The predicted molar refractivity (Wildman–Crippen MR) is 110 cm³/mol. The second kappa shape index (κ2) is 7.60. The predicted octanol–water partition coefficient (Wildman–Crippen LogP) is 1.97. The van der Waals surface area contributed by atoms with E-state index in [1.54, 1.807) is 12.1 Å². The highest BCUT2D eigenvalue weighted by Crippen LogP contribution is 2.50. The summed E-state index contributed by atoms with van der Waals surface area (Å²) >= 11 is 0. The Morgan fingerprint density at radius 2 is 1.76 bits per heavy atom. The lowest BCUT2D eigenvalue weighted by atomic mass is 10.0. The Hall–Kier alpha value is -3.37. The van der Waals surface area contributed by atoms with Crippen LogP contribution >= 0.6 is 0 Å². The molecule has 2 aromatic rings. The molecule has 172 valence electrons. The molecule has 33 heavy (non-hydrogen) atoms. The average Bonchev–Trinajstić information content (AvgIpc) is 3.49. The van der Waals surface area contributed by atoms with Crippen molar-refractivity contribution >= 4 is 17.8 Å². The third kappa shape index (κ3) is 3.46. The van der Waals surface area contributed by atoms with Crippen molar-refractivity contribution in [3.8, 4) is 11.1 Å². The van der Waals surface area contributed by atoms with E-state index < -0.39 is 42.1 Å². The van der Waals surface area contributed by atoms with Crippen molar-refractivity contribution < 1.29 is 37.7 Å². The van der Waals surface area contributed by atoms with Crippen molar-refractivity contribution in [2.24, 2.45) is 0 Å². The number of amides is 2. The van der Waals surface area contributed by atoms with Crippen LogP contribution in [0.15, 0.2) is 42.5 Å². The number of nitrogens with one attached hydrogen (secondary N) is 1. The highest BCUT2D eigenvalue weighted by atomic mass is 19.3. The normalized spacial score (nSPS) is 21.6. The summed E-state index contributed by atoms with van der Waals surface area (Å²) in [5.41, 5.74) is 0.430. The van der Waals surface area contributed by atoms with Crippen LogP contribution in [0.2, 0.25) is 0 Å². The number of carboxylic acids is 1. The van der Waals surface area contributed by atoms with Gasteiger partial charge in [0.1, 0.15) is 6.04 Å². The molecule has 0 bridgehead atoms. The van der Waals surface area contributed by atoms with E-state index in [0.717, 1.165) is 4.90 Å². The second-order valence-corrected chi connectivity index (χ2v) is 8.25. The fourth-order valence-electron chi connectivity index (χ4n) is 4.71. The van der Waals surface area contributed by atoms with Gasteiger partial charge in [-0.25, -0.2) is 4.79 Å². The van der Waals surface area contributed by atoms with Gasteiger partial charge >= 0.3 is 5.97 Å². The van der Waals surface area contributed by atoms with Crippen molar-refractivity contribution in [2.45, 2.75) is 24.2 Å². The van der Waals surface area contributed by atoms with Gasteiger partial charge < -0.3 is 24.8 Å². The molecule has 2 fully saturated rings. The molecule has 0 radical (unpaired) electrons. The molecule has 5 rings (SSSR count). The summed E-state index contributed by atoms with van der Waals surface area (Å²) in [6.07, 6.45) is 0.000459. The molecule has 2 aliphatic heterocycles. The quantitative estimate of drug-likeness (QED) is 0.726. The number of fused-ring (bicyclic) bond motifs is 3. The van der Waals surface area contributed by atoms with Crippen LogP contribution in [-0.4, -0.2) is 65.9 Å². The number of hydrogen-bond donors (Lipinski definition) is 2. The van der Waals surface area contributed by atoms with Crippen LogP contribution in [0.25, 0.3) is 11.1 Å². The number of rotatable bonds is 4. The Bertz CT molecular complexity index is 1160. The van der Waals surface area contributed by atoms with Crippen LogP contribution < -0.4 is 5.32 Å². The molecule has 1 atom stereocenters. The van der Waals surface area contributed by atoms with Crippen molar-refractivity contribution in [3.05, 3.63) is 59.2 Å². The van der Waals surface area contributed by atoms with Gasteiger partial charge in [0.05, 0.1) is 26.3 Å². The minimum atomic E-state index is -3.15. The number of nitrogens with zero attached hydrogens (tertiary/aromatic N) is 1. The molecule has 3 aliphatic rings. The highest BCUT2D eigenvalue weighted by molar-refractivity contribution is 5.99. The zero-order valence-electron chi connectivity index (χ0n) is 17.3. The lowest BCUT2D eigenvalue weighted by molar-refractivity contribution is -0.152. The number of likely N-dealkylation sites (tertiary alicyclic amines) is 1. The van der Waals surface area contributed by atoms with Gasteiger partial charge in [0, 0.05) is 23.1 Å². The number of aliphatic carboxylic acids is 1. The number of alkyl halides is 2. The Labute approximate surface area is 187 Å². The van der Waals surface area contributed by atoms with Gasteiger partial charge in [-0.05, 0) is 23.3 Å². The van der Waals surface area contributed by atoms with E-state index in [1.807, 2.05) is 0 Å². The van der Waals surface area contributed by atoms with Gasteiger partial charge in [0.15, 0.2) is 5.79 Å². The first kappa shape index (κ1) is 21.5. The van der Waals surface area contributed by atoms with Crippen LogP contribution in [0, 0.1) is 0 Å². The van der Waals surface area contributed by atoms with Crippen LogP contribution in [0.5, 0.6) is 0 Å². The van der Waals surface area contributed by atoms with Crippen molar-refractivity contribution in [1.82, 2.24) is 10.2 Å². The zero-order chi connectivity index (χ0) is 23.4. The molecule has 1 spiro atoms. The number of halogens is 2. The topological polar surface area (TPSA) is 105 Å². The lowest BCUT2D eigenvalue weighted by Crippen LogP contribution is -2.46. The summed E-state index contributed by atoms with van der Waals surface area (Å²) in [6.45, 7) is 0.114. The molecule has 0 unspecified atom stereocenters. The van der Waals surface area contributed by atoms with Crippen LogP contribution in [0.4, 0.5) is 8.78 Å². The molecule has 0 saturated carbocycles. The molecule has 2 amide bonds. The molecule has 8 nitrogen and oxygen atoms in total. The molecule has 1 aliphatic carbocycles. The van der Waals surface area contributed by atoms with E-state index in [9.17, 15) is 28.3 Å². The van der Waals surface area contributed by atoms with E-state index in [2.05, 4.69) is 5.32 Å². The lowest BCUT2D eigenvalue weighted by Gasteiger charge is -2.23. The number of ether oxygens (including phenoxy) is 2. The van der Waals surface area contributed by atoms with Crippen molar-refractivity contribution in [2.75, 3.05) is 26.3 Å². The summed E-state index contributed by atoms with van der Waals surface area (Å²) in [6, 6.07) is 8.85. The standard InChI is InChI=1S/C23H20F2N2O6/c24-23(25)16-4-2-1-3-14(16)15-9-13(5-6-17(15)23)20(29)26-11-19(28)27-12-22(32-7-8-33-22)10-18(27)21(30)31/h1-6,9,18H,7-8,10-12H2,(H,26,29)(H,30,31)/t18-/m0/s1. The van der Waals surface area contributed by atoms with Gasteiger partial charge in [-0.2, -0.15) is 8.78 Å². The van der Waals surface area contributed by atoms with Gasteiger partial charge in [0.25, 0.3) is 11.8 Å². The monoisotopic (exact) mass is 458 g/mol. The summed E-state index contributed by atoms with van der Waals surface area (Å²) in [5, 5.41) is 11.9. The molecule has 2 aromatic carbocycles. The molecule has 10 heteroatoms. The van der Waals surface area contributed by atoms with Crippen molar-refractivity contribution in [1.29, 1.82) is 0 Å². The Morgan fingerprint density at radius 1 is 1.06 bits per heavy atom. The van der Waals surface area contributed by atoms with Crippen molar-refractivity contribution in [3.63, 3.8) is 0 Å². The maximum absolute atomic E-state index is 14.7. The first-order valence-electron chi connectivity index (χ1n) is 10.4. The smallest absolute Gasteiger partial charge is 0.326 e. The fraction of sp³-hybridized carbons (Fsp3) is 0.348. The van der Waals surface area contributed by atoms with E-state index in [1.165, 1.54) is 30.3 Å². The maximum Gasteiger partial charge on any atom is 0.326 e. The number of hydrogen-bond acceptors (Lipinski definition) is 5. The fourth-order valence-corrected chi connectivity index (χ4v) is 4.71. The summed E-state index contributed by atoms with van der Waals surface area (Å²) in [4.78, 5) is 38.1. The molecule has 0 aromatic heterocycles. The third-order valence-corrected chi connectivity index (χ3v) is 6.29. The van der Waals surface area contributed by atoms with E-state index in [-0.39, 0.29) is 35.2 Å². The minimum absolute atomic E-state index is 0.000459. The zero-order valence-corrected chi connectivity index (χ0v) is 17.3. The molecule has 2 heterocycles. The number of carbonyl (C=O) groups excluding carboxylic acids is 2. The SMILES string of the molecule is O=C(NCC(=O)N1CC2(C[C@H]1C(=O)O)OCCO2)c1ccc2c(c1)-c1ccccc1C2(F)F. The van der Waals surface area contributed by atoms with Crippen LogP contribution in [0.1, 0.15) is 27.9 Å². The number of carbonyl (C=O) groups is 3. The van der Waals surface area contributed by atoms with E-state index >= 15 is 0 Å². The highest BCUT2D eigenvalue weighted by Gasteiger charge is 2.52. The largest absolute Gasteiger partial charge is 0.480 e. The number of benzene rings is 2. The van der Waals surface area contributed by atoms with Crippen LogP contribution in [-0.2, 0) is 25.0 Å². The van der Waals surface area contributed by atoms with Gasteiger partial charge in [-0.1, -0.05) is 30.3 Å². The first-order chi connectivity index (χ1) is 15.7. The Morgan fingerprint density at radius 3 is 2.48 bits per heavy atom. The Kier molecular flexibility index (Phi) is 4.95. The third-order valence-electron chi connectivity index (χ3n) is 6.29. The van der Waals surface area contributed by atoms with E-state index in [4.69, 9.17) is 9.47 Å². The summed E-state index contributed by atoms with van der Waals surface area (Å²) in [5.74, 6) is -6.72. The minimum Gasteiger partial charge on any atom is -0.480 e. The first-order valence-corrected chi connectivity index (χ1v) is 10.4. The van der Waals surface area contributed by atoms with E-state index in [0.29, 0.717) is 18.8 Å². The number of carboxylic acid groups (broad SMARTS) is 1. The molecule has 2 saturated heterocycles. The van der Waals surface area contributed by atoms with Gasteiger partial charge in [-0.3, -0.25) is 9.59 Å². The molecule has 2 N–H and O–H groups in total. The molecular formula is C23H20F2N2O6. The summed E-state index contributed by atoms with van der Waals surface area (Å²) in [7, 11) is 0. The Balaban J connectivity index is 1.30. The second-order valence-electron chi connectivity index (χ2n) is 8.25. The molecular weight excluding hydrogens is 438 g/mol. The van der Waals surface area contributed by atoms with Gasteiger partial charge in [-0.15, -0.1) is 0 Å². The van der Waals surface area contributed by atoms with Gasteiger partial charge in [0.2, 0.25) is 5.91 Å². The van der Waals surface area contributed by atoms with Crippen LogP contribution in [0.3, 0.4) is 0 Å².